The lowest BCUT2D eigenvalue weighted by atomic mass is 9.87. The van der Waals surface area contributed by atoms with Gasteiger partial charge in [0.2, 0.25) is 35.4 Å². The third kappa shape index (κ3) is 23.7. The maximum Gasteiger partial charge on any atom is 0.426 e. The number of nitrogens with one attached hydrogen (secondary N) is 8. The number of anilines is 1. The van der Waals surface area contributed by atoms with Crippen molar-refractivity contribution >= 4 is 75.2 Å². The van der Waals surface area contributed by atoms with E-state index in [-0.39, 0.29) is 98.4 Å². The number of epoxide rings is 1. The Hall–Kier alpha value is -6.41. The van der Waals surface area contributed by atoms with Gasteiger partial charge in [0.1, 0.15) is 42.6 Å². The molecular formula is C55H82BrN9O15. The van der Waals surface area contributed by atoms with Crippen LogP contribution in [-0.4, -0.2) is 144 Å². The fourth-order valence-electron chi connectivity index (χ4n) is 9.05. The molecule has 0 radical (unpaired) electrons. The minimum Gasteiger partial charge on any atom is -0.459 e. The summed E-state index contributed by atoms with van der Waals surface area (Å²) in [4.78, 5) is 112. The number of hydrogen-bond donors (Lipinski definition) is 10. The van der Waals surface area contributed by atoms with Crippen LogP contribution in [0.15, 0.2) is 60.2 Å². The molecule has 3 aliphatic rings. The largest absolute Gasteiger partial charge is 0.459 e. The minimum atomic E-state index is -1.06. The van der Waals surface area contributed by atoms with Crippen LogP contribution in [0, 0.1) is 11.8 Å². The summed E-state index contributed by atoms with van der Waals surface area (Å²) in [5.41, 5.74) is 10.7. The van der Waals surface area contributed by atoms with Crippen LogP contribution < -0.4 is 48.5 Å². The molecule has 9 amide bonds. The summed E-state index contributed by atoms with van der Waals surface area (Å²) in [5.74, 6) is -3.06. The normalized spacial score (nSPS) is 23.7. The number of carbonyl (C=O) groups is 9. The molecule has 25 heteroatoms. The van der Waals surface area contributed by atoms with E-state index in [1.54, 1.807) is 51.1 Å². The number of benzene rings is 1. The molecule has 1 aromatic rings. The standard InChI is InChI=1S/C55H82BrN9O15/c1-32(2)49(63-45(67)13-9-8-10-24-58-48(70)29-56)52(73)62-41(12-11-25-59-53(57)74)51(72)60-39-19-17-38(18-20-39)30-76-54(75)65-64-47(69)27-40-28-55(31-77-55)50(71)44(80-40)22-15-33(3)14-21-43-34(4)26-42(36(6)79-43)61-46(68)23-16-35(5)78-37(7)66/h14-20,22-23,32,34-36,40-44,49-50,71H,8-13,21,24-31H2,1-7H3,(H,58,70)(H,60,72)(H,61,68)(H,62,73)(H,63,67)(H,64,69)(H,65,75)(H3,57,59,74). The molecule has 444 valence electrons. The van der Waals surface area contributed by atoms with E-state index in [0.29, 0.717) is 56.5 Å². The molecule has 11 unspecified atom stereocenters. The van der Waals surface area contributed by atoms with Crippen molar-refractivity contribution in [1.29, 1.82) is 0 Å². The summed E-state index contributed by atoms with van der Waals surface area (Å²) in [6.45, 7) is 13.2. The van der Waals surface area contributed by atoms with Gasteiger partial charge >= 0.3 is 18.1 Å². The van der Waals surface area contributed by atoms with Crippen molar-refractivity contribution in [2.75, 3.05) is 30.3 Å². The van der Waals surface area contributed by atoms with Crippen LogP contribution in [0.4, 0.5) is 15.3 Å². The predicted molar refractivity (Wildman–Crippen MR) is 298 cm³/mol. The first kappa shape index (κ1) is 66.1. The number of aliphatic hydroxyl groups excluding tert-OH is 1. The fourth-order valence-corrected chi connectivity index (χ4v) is 9.25. The Morgan fingerprint density at radius 1 is 0.875 bits per heavy atom. The SMILES string of the molecule is CC(=O)OC(C)C=CC(=O)NC1CC(C)C(CC=C(C)C=CC2OC(CC(=O)NNC(=O)OCc3ccc(NC(=O)C(CCCNC(N)=O)NC(=O)C(NC(=O)CCCCCNC(=O)CBr)C(C)C)cc3)CC3(CO3)C2O)OC1C. The lowest BCUT2D eigenvalue weighted by Gasteiger charge is -2.39. The van der Waals surface area contributed by atoms with Gasteiger partial charge in [-0.15, -0.1) is 0 Å². The number of alkyl halides is 1. The zero-order valence-electron chi connectivity index (χ0n) is 46.8. The summed E-state index contributed by atoms with van der Waals surface area (Å²) in [7, 11) is 0. The Morgan fingerprint density at radius 3 is 2.25 bits per heavy atom. The van der Waals surface area contributed by atoms with E-state index in [1.165, 1.54) is 19.1 Å². The van der Waals surface area contributed by atoms with Crippen LogP contribution in [0.5, 0.6) is 0 Å². The molecule has 0 aromatic heterocycles. The number of amides is 9. The number of allylic oxidation sites excluding steroid dienone is 2. The second-order valence-electron chi connectivity index (χ2n) is 20.9. The van der Waals surface area contributed by atoms with Crippen molar-refractivity contribution in [3.05, 3.63) is 65.8 Å². The van der Waals surface area contributed by atoms with Crippen molar-refractivity contribution in [2.24, 2.45) is 17.6 Å². The topological polar surface area (TPSA) is 346 Å². The quantitative estimate of drug-likeness (QED) is 0.0105. The van der Waals surface area contributed by atoms with Gasteiger partial charge in [-0.05, 0) is 94.9 Å². The average molecular weight is 1190 g/mol. The molecule has 1 aromatic carbocycles. The van der Waals surface area contributed by atoms with Crippen LogP contribution >= 0.6 is 15.9 Å². The van der Waals surface area contributed by atoms with Crippen molar-refractivity contribution in [3.8, 4) is 0 Å². The number of primary amides is 1. The zero-order valence-corrected chi connectivity index (χ0v) is 48.4. The Bertz CT molecular complexity index is 2370. The van der Waals surface area contributed by atoms with Gasteiger partial charge in [0.25, 0.3) is 0 Å². The van der Waals surface area contributed by atoms with E-state index >= 15 is 0 Å². The maximum atomic E-state index is 13.6. The highest BCUT2D eigenvalue weighted by molar-refractivity contribution is 9.09. The van der Waals surface area contributed by atoms with Crippen LogP contribution in [0.1, 0.15) is 118 Å². The van der Waals surface area contributed by atoms with Crippen LogP contribution in [0.25, 0.3) is 0 Å². The first-order chi connectivity index (χ1) is 38.0. The Morgan fingerprint density at radius 2 is 1.59 bits per heavy atom. The smallest absolute Gasteiger partial charge is 0.426 e. The molecule has 0 aliphatic carbocycles. The monoisotopic (exact) mass is 1190 g/mol. The molecule has 0 bridgehead atoms. The molecule has 3 saturated heterocycles. The third-order valence-electron chi connectivity index (χ3n) is 13.6. The van der Waals surface area contributed by atoms with Crippen molar-refractivity contribution in [2.45, 2.75) is 180 Å². The number of nitrogens with two attached hydrogens (primary N) is 1. The summed E-state index contributed by atoms with van der Waals surface area (Å²) in [6, 6.07) is 3.41. The van der Waals surface area contributed by atoms with E-state index in [1.807, 2.05) is 26.0 Å². The van der Waals surface area contributed by atoms with E-state index in [0.717, 1.165) is 5.57 Å². The Kier molecular flexibility index (Phi) is 27.6. The molecule has 11 atom stereocenters. The molecule has 3 fully saturated rings. The van der Waals surface area contributed by atoms with Gasteiger partial charge in [-0.2, -0.15) is 0 Å². The molecule has 1 spiro atoms. The number of halogens is 1. The number of aliphatic hydroxyl groups is 1. The predicted octanol–water partition coefficient (Wildman–Crippen LogP) is 3.40. The molecule has 3 heterocycles. The molecule has 3 aliphatic heterocycles. The maximum absolute atomic E-state index is 13.6. The summed E-state index contributed by atoms with van der Waals surface area (Å²) >= 11 is 3.09. The number of urea groups is 1. The van der Waals surface area contributed by atoms with Crippen molar-refractivity contribution in [1.82, 2.24) is 37.4 Å². The number of unbranched alkanes of at least 4 members (excludes halogenated alkanes) is 2. The van der Waals surface area contributed by atoms with Gasteiger partial charge in [0.05, 0.1) is 42.7 Å². The van der Waals surface area contributed by atoms with E-state index in [2.05, 4.69) is 65.6 Å². The molecule has 4 rings (SSSR count). The van der Waals surface area contributed by atoms with E-state index in [9.17, 15) is 48.3 Å². The van der Waals surface area contributed by atoms with Crippen molar-refractivity contribution < 1.29 is 71.9 Å². The van der Waals surface area contributed by atoms with Gasteiger partial charge < -0.3 is 66.4 Å². The minimum absolute atomic E-state index is 0.0987. The summed E-state index contributed by atoms with van der Waals surface area (Å²) in [6.07, 6.45) is 8.19. The highest BCUT2D eigenvalue weighted by Crippen LogP contribution is 2.43. The molecule has 0 saturated carbocycles. The number of hydrazine groups is 1. The summed E-state index contributed by atoms with van der Waals surface area (Å²) < 4.78 is 28.5. The van der Waals surface area contributed by atoms with Crippen molar-refractivity contribution in [3.63, 3.8) is 0 Å². The second-order valence-corrected chi connectivity index (χ2v) is 21.4. The van der Waals surface area contributed by atoms with Gasteiger partial charge in [-0.3, -0.25) is 39.0 Å². The number of esters is 1. The third-order valence-corrected chi connectivity index (χ3v) is 14.1. The van der Waals surface area contributed by atoms with Gasteiger partial charge in [0, 0.05) is 44.6 Å². The first-order valence-electron chi connectivity index (χ1n) is 27.2. The fraction of sp³-hybridized carbons (Fsp3) is 0.618. The molecule has 24 nitrogen and oxygen atoms in total. The highest BCUT2D eigenvalue weighted by atomic mass is 79.9. The van der Waals surface area contributed by atoms with Gasteiger partial charge in [-0.1, -0.05) is 79.1 Å². The van der Waals surface area contributed by atoms with E-state index in [4.69, 9.17) is 29.4 Å². The number of carbonyl (C=O) groups excluding carboxylic acids is 9. The zero-order chi connectivity index (χ0) is 58.9. The van der Waals surface area contributed by atoms with Gasteiger partial charge in [0.15, 0.2) is 0 Å². The van der Waals surface area contributed by atoms with Gasteiger partial charge in [-0.25, -0.2) is 15.0 Å². The highest BCUT2D eigenvalue weighted by Gasteiger charge is 2.58. The number of hydrogen-bond acceptors (Lipinski definition) is 15. The second kappa shape index (κ2) is 33.4. The molecule has 11 N–H and O–H groups in total. The average Bonchev–Trinajstić information content (AvgIpc) is 4.39. The van der Waals surface area contributed by atoms with E-state index < -0.39 is 77.9 Å². The lowest BCUT2D eigenvalue weighted by molar-refractivity contribution is -0.146. The van der Waals surface area contributed by atoms with Crippen LogP contribution in [0.3, 0.4) is 0 Å². The van der Waals surface area contributed by atoms with Crippen LogP contribution in [-0.2, 0) is 63.9 Å². The Balaban J connectivity index is 1.21. The molecule has 80 heavy (non-hydrogen) atoms. The Labute approximate surface area is 476 Å². The first-order valence-corrected chi connectivity index (χ1v) is 28.3. The lowest BCUT2D eigenvalue weighted by Crippen LogP contribution is -2.54. The number of rotatable bonds is 29. The number of ether oxygens (including phenoxy) is 5. The molecular weight excluding hydrogens is 1110 g/mol. The van der Waals surface area contributed by atoms with Crippen LogP contribution in [0.2, 0.25) is 0 Å². The summed E-state index contributed by atoms with van der Waals surface area (Å²) in [5, 5.41) is 27.8.